The number of halogens is 1. The second kappa shape index (κ2) is 7.41. The third kappa shape index (κ3) is 3.55. The normalized spacial score (nSPS) is 16.9. The van der Waals surface area contributed by atoms with Crippen molar-refractivity contribution in [2.45, 2.75) is 24.3 Å². The van der Waals surface area contributed by atoms with E-state index in [1.807, 2.05) is 49.4 Å². The van der Waals surface area contributed by atoms with Gasteiger partial charge in [0, 0.05) is 11.4 Å². The summed E-state index contributed by atoms with van der Waals surface area (Å²) in [5.74, 6) is 0. The molecule has 1 atom stereocenters. The number of benzene rings is 3. The lowest BCUT2D eigenvalue weighted by molar-refractivity contribution is 0.371. The predicted octanol–water partition coefficient (Wildman–Crippen LogP) is 5.19. The first-order valence-electron chi connectivity index (χ1n) is 8.94. The second-order valence-corrected chi connectivity index (χ2v) is 9.01. The highest BCUT2D eigenvalue weighted by molar-refractivity contribution is 7.89. The molecule has 142 valence electrons. The third-order valence-electron chi connectivity index (χ3n) is 4.80. The van der Waals surface area contributed by atoms with Crippen LogP contribution in [0.1, 0.15) is 29.2 Å². The molecule has 0 aromatic heterocycles. The lowest BCUT2D eigenvalue weighted by atomic mass is 9.99. The van der Waals surface area contributed by atoms with Crippen LogP contribution in [0.4, 0.5) is 0 Å². The minimum absolute atomic E-state index is 0.236. The molecule has 3 aromatic carbocycles. The van der Waals surface area contributed by atoms with Crippen molar-refractivity contribution in [2.24, 2.45) is 5.10 Å². The van der Waals surface area contributed by atoms with Crippen molar-refractivity contribution in [1.82, 2.24) is 4.41 Å². The van der Waals surface area contributed by atoms with Gasteiger partial charge < -0.3 is 0 Å². The Bertz CT molecular complexity index is 1110. The molecule has 1 aliphatic rings. The molecule has 0 saturated heterocycles. The van der Waals surface area contributed by atoms with Gasteiger partial charge in [0.15, 0.2) is 0 Å². The molecule has 6 heteroatoms. The zero-order chi connectivity index (χ0) is 19.7. The highest BCUT2D eigenvalue weighted by Gasteiger charge is 2.37. The van der Waals surface area contributed by atoms with Crippen LogP contribution in [0, 0.1) is 6.92 Å². The van der Waals surface area contributed by atoms with E-state index in [0.29, 0.717) is 11.4 Å². The van der Waals surface area contributed by atoms with Gasteiger partial charge in [-0.1, -0.05) is 71.8 Å². The molecule has 0 spiro atoms. The zero-order valence-electron chi connectivity index (χ0n) is 15.3. The van der Waals surface area contributed by atoms with Gasteiger partial charge >= 0.3 is 0 Å². The van der Waals surface area contributed by atoms with E-state index >= 15 is 0 Å². The smallest absolute Gasteiger partial charge is 0.200 e. The van der Waals surface area contributed by atoms with Crippen LogP contribution in [0.5, 0.6) is 0 Å². The first kappa shape index (κ1) is 18.7. The fraction of sp³-hybridized carbons (Fsp3) is 0.136. The van der Waals surface area contributed by atoms with Crippen molar-refractivity contribution in [1.29, 1.82) is 0 Å². The summed E-state index contributed by atoms with van der Waals surface area (Å²) in [6.45, 7) is 1.93. The summed E-state index contributed by atoms with van der Waals surface area (Å²) in [5.41, 5.74) is 3.50. The van der Waals surface area contributed by atoms with Crippen molar-refractivity contribution >= 4 is 27.3 Å². The molecule has 0 bridgehead atoms. The van der Waals surface area contributed by atoms with Gasteiger partial charge in [0.1, 0.15) is 0 Å². The molecular formula is C22H19ClN2O2S. The molecule has 3 aromatic rings. The number of hydrazone groups is 1. The standard InChI is InChI=1S/C22H19ClN2O2S/c1-16-7-13-20(14-8-16)28(26,27)25-22(18-5-3-2-4-6-18)15-21(24-25)17-9-11-19(23)12-10-17/h2-14,22H,15H2,1H3/t22-/m0/s1. The Morgan fingerprint density at radius 2 is 1.57 bits per heavy atom. The van der Waals surface area contributed by atoms with E-state index in [4.69, 9.17) is 11.6 Å². The Morgan fingerprint density at radius 1 is 0.929 bits per heavy atom. The van der Waals surface area contributed by atoms with Gasteiger partial charge in [0.2, 0.25) is 0 Å². The number of aryl methyl sites for hydroxylation is 1. The van der Waals surface area contributed by atoms with Crippen LogP contribution in [0.25, 0.3) is 0 Å². The minimum Gasteiger partial charge on any atom is -0.200 e. The molecule has 0 radical (unpaired) electrons. The van der Waals surface area contributed by atoms with Crippen LogP contribution in [-0.2, 0) is 10.0 Å². The predicted molar refractivity (Wildman–Crippen MR) is 112 cm³/mol. The number of hydrogen-bond donors (Lipinski definition) is 0. The number of hydrogen-bond acceptors (Lipinski definition) is 3. The van der Waals surface area contributed by atoms with Gasteiger partial charge in [0.05, 0.1) is 16.6 Å². The maximum absolute atomic E-state index is 13.4. The Labute approximate surface area is 170 Å². The maximum Gasteiger partial charge on any atom is 0.279 e. The van der Waals surface area contributed by atoms with Gasteiger partial charge in [-0.25, -0.2) is 0 Å². The quantitative estimate of drug-likeness (QED) is 0.594. The van der Waals surface area contributed by atoms with Crippen LogP contribution < -0.4 is 0 Å². The SMILES string of the molecule is Cc1ccc(S(=O)(=O)N2N=C(c3ccc(Cl)cc3)C[C@H]2c2ccccc2)cc1. The molecular weight excluding hydrogens is 392 g/mol. The Hall–Kier alpha value is -2.63. The van der Waals surface area contributed by atoms with Crippen molar-refractivity contribution in [2.75, 3.05) is 0 Å². The number of nitrogens with zero attached hydrogens (tertiary/aromatic N) is 2. The van der Waals surface area contributed by atoms with Crippen molar-refractivity contribution in [3.05, 3.63) is 101 Å². The van der Waals surface area contributed by atoms with E-state index < -0.39 is 16.1 Å². The molecule has 0 aliphatic carbocycles. The third-order valence-corrected chi connectivity index (χ3v) is 6.75. The van der Waals surface area contributed by atoms with Crippen LogP contribution in [0.2, 0.25) is 5.02 Å². The first-order valence-corrected chi connectivity index (χ1v) is 10.8. The molecule has 1 heterocycles. The van der Waals surface area contributed by atoms with Gasteiger partial charge in [-0.2, -0.15) is 17.9 Å². The Kier molecular flexibility index (Phi) is 4.96. The summed E-state index contributed by atoms with van der Waals surface area (Å²) >= 11 is 5.99. The maximum atomic E-state index is 13.4. The zero-order valence-corrected chi connectivity index (χ0v) is 16.9. The summed E-state index contributed by atoms with van der Waals surface area (Å²) in [6.07, 6.45) is 0.497. The van der Waals surface area contributed by atoms with Crippen LogP contribution >= 0.6 is 11.6 Å². The van der Waals surface area contributed by atoms with E-state index in [2.05, 4.69) is 5.10 Å². The Morgan fingerprint density at radius 3 is 2.21 bits per heavy atom. The van der Waals surface area contributed by atoms with E-state index in [1.54, 1.807) is 36.4 Å². The molecule has 0 unspecified atom stereocenters. The summed E-state index contributed by atoms with van der Waals surface area (Å²) in [6, 6.07) is 23.4. The summed E-state index contributed by atoms with van der Waals surface area (Å²) < 4.78 is 28.0. The van der Waals surface area contributed by atoms with Crippen molar-refractivity contribution < 1.29 is 8.42 Å². The summed E-state index contributed by atoms with van der Waals surface area (Å²) in [5, 5.41) is 5.17. The first-order chi connectivity index (χ1) is 13.4. The molecule has 1 aliphatic heterocycles. The van der Waals surface area contributed by atoms with Crippen molar-refractivity contribution in [3.8, 4) is 0 Å². The van der Waals surface area contributed by atoms with Crippen LogP contribution in [0.15, 0.2) is 88.9 Å². The van der Waals surface area contributed by atoms with E-state index in [1.165, 1.54) is 4.41 Å². The largest absolute Gasteiger partial charge is 0.279 e. The highest BCUT2D eigenvalue weighted by atomic mass is 35.5. The van der Waals surface area contributed by atoms with E-state index in [9.17, 15) is 8.42 Å². The average Bonchev–Trinajstić information content (AvgIpc) is 3.16. The van der Waals surface area contributed by atoms with E-state index in [-0.39, 0.29) is 4.90 Å². The van der Waals surface area contributed by atoms with Gasteiger partial charge in [0.25, 0.3) is 10.0 Å². The van der Waals surface area contributed by atoms with Gasteiger partial charge in [-0.3, -0.25) is 0 Å². The minimum atomic E-state index is -3.78. The highest BCUT2D eigenvalue weighted by Crippen LogP contribution is 2.37. The average molecular weight is 411 g/mol. The monoisotopic (exact) mass is 410 g/mol. The fourth-order valence-electron chi connectivity index (χ4n) is 3.27. The number of sulfonamides is 1. The van der Waals surface area contributed by atoms with Gasteiger partial charge in [-0.05, 0) is 42.3 Å². The number of rotatable bonds is 4. The van der Waals surface area contributed by atoms with Crippen LogP contribution in [-0.4, -0.2) is 18.5 Å². The molecule has 4 nitrogen and oxygen atoms in total. The second-order valence-electron chi connectivity index (χ2n) is 6.77. The molecule has 0 N–H and O–H groups in total. The molecule has 4 rings (SSSR count). The Balaban J connectivity index is 1.79. The topological polar surface area (TPSA) is 49.7 Å². The lowest BCUT2D eigenvalue weighted by Crippen LogP contribution is -2.27. The van der Waals surface area contributed by atoms with Crippen LogP contribution in [0.3, 0.4) is 0 Å². The van der Waals surface area contributed by atoms with Gasteiger partial charge in [-0.15, -0.1) is 0 Å². The van der Waals surface area contributed by atoms with E-state index in [0.717, 1.165) is 22.4 Å². The molecule has 0 fully saturated rings. The summed E-state index contributed by atoms with van der Waals surface area (Å²) in [4.78, 5) is 0.236. The molecule has 0 amide bonds. The van der Waals surface area contributed by atoms with Crippen molar-refractivity contribution in [3.63, 3.8) is 0 Å². The summed E-state index contributed by atoms with van der Waals surface area (Å²) in [7, 11) is -3.78. The molecule has 28 heavy (non-hydrogen) atoms. The lowest BCUT2D eigenvalue weighted by Gasteiger charge is -2.23. The molecule has 0 saturated carbocycles. The fourth-order valence-corrected chi connectivity index (χ4v) is 4.83.